The van der Waals surface area contributed by atoms with Crippen LogP contribution >= 0.6 is 0 Å². The third-order valence-corrected chi connectivity index (χ3v) is 2.93. The zero-order valence-corrected chi connectivity index (χ0v) is 9.55. The van der Waals surface area contributed by atoms with E-state index in [9.17, 15) is 4.79 Å². The fourth-order valence-corrected chi connectivity index (χ4v) is 1.91. The van der Waals surface area contributed by atoms with Crippen molar-refractivity contribution in [2.45, 2.75) is 26.2 Å². The van der Waals surface area contributed by atoms with Gasteiger partial charge in [-0.25, -0.2) is 0 Å². The second kappa shape index (κ2) is 5.12. The van der Waals surface area contributed by atoms with Gasteiger partial charge >= 0.3 is 0 Å². The van der Waals surface area contributed by atoms with E-state index in [1.165, 1.54) is 0 Å². The summed E-state index contributed by atoms with van der Waals surface area (Å²) in [6.07, 6.45) is 2.93. The first kappa shape index (κ1) is 11.1. The minimum atomic E-state index is 0.0707. The molecule has 0 spiro atoms. The largest absolute Gasteiger partial charge is 0.316 e. The van der Waals surface area contributed by atoms with Crippen LogP contribution in [0.4, 0.5) is 5.82 Å². The third-order valence-electron chi connectivity index (χ3n) is 2.93. The van der Waals surface area contributed by atoms with E-state index in [1.807, 2.05) is 13.0 Å². The number of aromatic nitrogens is 2. The molecule has 5 nitrogen and oxygen atoms in total. The highest BCUT2D eigenvalue weighted by Crippen LogP contribution is 2.13. The van der Waals surface area contributed by atoms with Crippen molar-refractivity contribution < 1.29 is 4.79 Å². The van der Waals surface area contributed by atoms with Crippen LogP contribution in [-0.4, -0.2) is 29.2 Å². The average Bonchev–Trinajstić information content (AvgIpc) is 2.78. The second-order valence-corrected chi connectivity index (χ2v) is 4.16. The molecule has 2 rings (SSSR count). The van der Waals surface area contributed by atoms with Crippen LogP contribution in [0.15, 0.2) is 6.07 Å². The molecule has 1 saturated heterocycles. The van der Waals surface area contributed by atoms with E-state index >= 15 is 0 Å². The van der Waals surface area contributed by atoms with Crippen molar-refractivity contribution in [2.75, 3.05) is 18.4 Å². The first-order chi connectivity index (χ1) is 7.79. The fraction of sp³-hybridized carbons (Fsp3) is 0.636. The lowest BCUT2D eigenvalue weighted by Crippen LogP contribution is -2.37. The van der Waals surface area contributed by atoms with Gasteiger partial charge in [0.1, 0.15) is 0 Å². The summed E-state index contributed by atoms with van der Waals surface area (Å²) in [5.74, 6) is 0.782. The minimum Gasteiger partial charge on any atom is -0.316 e. The van der Waals surface area contributed by atoms with E-state index in [0.29, 0.717) is 5.82 Å². The molecule has 1 aliphatic rings. The van der Waals surface area contributed by atoms with Gasteiger partial charge in [0.15, 0.2) is 5.82 Å². The molecule has 0 radical (unpaired) electrons. The molecule has 3 N–H and O–H groups in total. The van der Waals surface area contributed by atoms with Gasteiger partial charge in [0.05, 0.1) is 5.92 Å². The van der Waals surface area contributed by atoms with Crippen LogP contribution in [0.25, 0.3) is 0 Å². The van der Waals surface area contributed by atoms with Gasteiger partial charge in [0, 0.05) is 18.3 Å². The molecule has 0 bridgehead atoms. The summed E-state index contributed by atoms with van der Waals surface area (Å²) in [7, 11) is 0. The van der Waals surface area contributed by atoms with Crippen LogP contribution in [-0.2, 0) is 11.2 Å². The Morgan fingerprint density at radius 3 is 3.19 bits per heavy atom. The van der Waals surface area contributed by atoms with Crippen molar-refractivity contribution in [3.63, 3.8) is 0 Å². The lowest BCUT2D eigenvalue weighted by Gasteiger charge is -2.21. The van der Waals surface area contributed by atoms with Crippen molar-refractivity contribution in [1.29, 1.82) is 0 Å². The van der Waals surface area contributed by atoms with Crippen LogP contribution < -0.4 is 10.6 Å². The number of H-pyrrole nitrogens is 1. The number of rotatable bonds is 3. The van der Waals surface area contributed by atoms with Crippen LogP contribution in [0.3, 0.4) is 0 Å². The highest BCUT2D eigenvalue weighted by Gasteiger charge is 2.21. The lowest BCUT2D eigenvalue weighted by molar-refractivity contribution is -0.120. The molecule has 1 atom stereocenters. The number of nitrogens with zero attached hydrogens (tertiary/aromatic N) is 1. The van der Waals surface area contributed by atoms with E-state index in [4.69, 9.17) is 0 Å². The highest BCUT2D eigenvalue weighted by atomic mass is 16.2. The maximum Gasteiger partial charge on any atom is 0.229 e. The first-order valence-electron chi connectivity index (χ1n) is 5.85. The third kappa shape index (κ3) is 2.61. The molecular formula is C11H18N4O. The average molecular weight is 222 g/mol. The van der Waals surface area contributed by atoms with Crippen molar-refractivity contribution in [2.24, 2.45) is 5.92 Å². The number of carbonyl (C=O) groups is 1. The number of aromatic amines is 1. The predicted molar refractivity (Wildman–Crippen MR) is 62.2 cm³/mol. The molecule has 0 saturated carbocycles. The quantitative estimate of drug-likeness (QED) is 0.712. The van der Waals surface area contributed by atoms with Gasteiger partial charge in [-0.3, -0.25) is 9.89 Å². The molecule has 1 aliphatic heterocycles. The van der Waals surface area contributed by atoms with Gasteiger partial charge in [-0.2, -0.15) is 5.10 Å². The van der Waals surface area contributed by atoms with E-state index < -0.39 is 0 Å². The van der Waals surface area contributed by atoms with E-state index in [2.05, 4.69) is 20.8 Å². The standard InChI is InChI=1S/C11H18N4O/c1-2-9-6-10(15-14-9)13-11(16)8-4-3-5-12-7-8/h6,8,12H,2-5,7H2,1H3,(H2,13,14,15,16). The van der Waals surface area contributed by atoms with Crippen LogP contribution in [0.5, 0.6) is 0 Å². The van der Waals surface area contributed by atoms with Crippen molar-refractivity contribution >= 4 is 11.7 Å². The Bertz CT molecular complexity index is 355. The van der Waals surface area contributed by atoms with Crippen LogP contribution in [0.1, 0.15) is 25.5 Å². The first-order valence-corrected chi connectivity index (χ1v) is 5.85. The SMILES string of the molecule is CCc1cc(NC(=O)C2CCCNC2)n[nH]1. The topological polar surface area (TPSA) is 69.8 Å². The zero-order valence-electron chi connectivity index (χ0n) is 9.55. The number of hydrogen-bond acceptors (Lipinski definition) is 3. The van der Waals surface area contributed by atoms with Gasteiger partial charge in [-0.05, 0) is 25.8 Å². The van der Waals surface area contributed by atoms with Crippen molar-refractivity contribution in [1.82, 2.24) is 15.5 Å². The second-order valence-electron chi connectivity index (χ2n) is 4.16. The molecule has 0 aliphatic carbocycles. The number of nitrogens with one attached hydrogen (secondary N) is 3. The Balaban J connectivity index is 1.90. The molecule has 5 heteroatoms. The Hall–Kier alpha value is -1.36. The molecule has 1 fully saturated rings. The summed E-state index contributed by atoms with van der Waals surface area (Å²) in [5.41, 5.74) is 1.04. The molecule has 2 heterocycles. The maximum absolute atomic E-state index is 11.9. The Labute approximate surface area is 95.0 Å². The molecule has 88 valence electrons. The number of hydrogen-bond donors (Lipinski definition) is 3. The lowest BCUT2D eigenvalue weighted by atomic mass is 9.99. The molecule has 16 heavy (non-hydrogen) atoms. The monoisotopic (exact) mass is 222 g/mol. The Morgan fingerprint density at radius 1 is 1.69 bits per heavy atom. The summed E-state index contributed by atoms with van der Waals surface area (Å²) in [6.45, 7) is 3.84. The van der Waals surface area contributed by atoms with E-state index in [1.54, 1.807) is 0 Å². The number of carbonyl (C=O) groups excluding carboxylic acids is 1. The smallest absolute Gasteiger partial charge is 0.229 e. The number of amides is 1. The minimum absolute atomic E-state index is 0.0707. The van der Waals surface area contributed by atoms with Crippen molar-refractivity contribution in [3.05, 3.63) is 11.8 Å². The highest BCUT2D eigenvalue weighted by molar-refractivity contribution is 5.91. The summed E-state index contributed by atoms with van der Waals surface area (Å²) in [6, 6.07) is 1.88. The van der Waals surface area contributed by atoms with Gasteiger partial charge in [0.25, 0.3) is 0 Å². The van der Waals surface area contributed by atoms with Gasteiger partial charge < -0.3 is 10.6 Å². The Morgan fingerprint density at radius 2 is 2.56 bits per heavy atom. The Kier molecular flexibility index (Phi) is 3.56. The maximum atomic E-state index is 11.9. The summed E-state index contributed by atoms with van der Waals surface area (Å²) < 4.78 is 0. The molecular weight excluding hydrogens is 204 g/mol. The number of anilines is 1. The summed E-state index contributed by atoms with van der Waals surface area (Å²) in [5, 5.41) is 13.0. The zero-order chi connectivity index (χ0) is 11.4. The van der Waals surface area contributed by atoms with Crippen molar-refractivity contribution in [3.8, 4) is 0 Å². The molecule has 1 aromatic rings. The fourth-order valence-electron chi connectivity index (χ4n) is 1.91. The molecule has 1 unspecified atom stereocenters. The molecule has 0 aromatic carbocycles. The van der Waals surface area contributed by atoms with E-state index in [0.717, 1.165) is 38.0 Å². The molecule has 1 amide bonds. The summed E-state index contributed by atoms with van der Waals surface area (Å²) in [4.78, 5) is 11.9. The van der Waals surface area contributed by atoms with Gasteiger partial charge in [-0.1, -0.05) is 6.92 Å². The normalized spacial score (nSPS) is 20.7. The summed E-state index contributed by atoms with van der Waals surface area (Å²) >= 11 is 0. The number of aryl methyl sites for hydroxylation is 1. The van der Waals surface area contributed by atoms with Crippen LogP contribution in [0, 0.1) is 5.92 Å². The molecule has 1 aromatic heterocycles. The van der Waals surface area contributed by atoms with Gasteiger partial charge in [0.2, 0.25) is 5.91 Å². The van der Waals surface area contributed by atoms with Gasteiger partial charge in [-0.15, -0.1) is 0 Å². The predicted octanol–water partition coefficient (Wildman–Crippen LogP) is 0.910. The number of piperidine rings is 1. The van der Waals surface area contributed by atoms with E-state index in [-0.39, 0.29) is 11.8 Å². The van der Waals surface area contributed by atoms with Crippen LogP contribution in [0.2, 0.25) is 0 Å².